The van der Waals surface area contributed by atoms with Crippen LogP contribution >= 0.6 is 0 Å². The number of hydrogen-bond donors (Lipinski definition) is 2. The van der Waals surface area contributed by atoms with Crippen molar-refractivity contribution < 1.29 is 10.2 Å². The molecule has 31 heavy (non-hydrogen) atoms. The van der Waals surface area contributed by atoms with Crippen molar-refractivity contribution in [3.8, 4) is 0 Å². The lowest BCUT2D eigenvalue weighted by Crippen LogP contribution is -2.60. The summed E-state index contributed by atoms with van der Waals surface area (Å²) in [6.07, 6.45) is 12.7. The minimum absolute atomic E-state index is 0.157. The summed E-state index contributed by atoms with van der Waals surface area (Å²) < 4.78 is 0. The second-order valence-corrected chi connectivity index (χ2v) is 14.4. The predicted octanol–water partition coefficient (Wildman–Crippen LogP) is 7.22. The van der Waals surface area contributed by atoms with Crippen LogP contribution in [0.1, 0.15) is 119 Å². The fourth-order valence-electron chi connectivity index (χ4n) is 9.45. The molecule has 10 atom stereocenters. The Morgan fingerprint density at radius 1 is 0.968 bits per heavy atom. The van der Waals surface area contributed by atoms with Crippen molar-refractivity contribution in [3.05, 3.63) is 0 Å². The molecule has 0 saturated heterocycles. The van der Waals surface area contributed by atoms with Crippen molar-refractivity contribution in [3.63, 3.8) is 0 Å². The highest BCUT2D eigenvalue weighted by molar-refractivity contribution is 5.12. The number of rotatable bonds is 4. The Hall–Kier alpha value is -0.0800. The van der Waals surface area contributed by atoms with Crippen LogP contribution in [-0.4, -0.2) is 21.9 Å². The van der Waals surface area contributed by atoms with Crippen LogP contribution in [0, 0.1) is 51.8 Å². The van der Waals surface area contributed by atoms with Gasteiger partial charge in [-0.15, -0.1) is 0 Å². The van der Waals surface area contributed by atoms with Gasteiger partial charge >= 0.3 is 0 Å². The van der Waals surface area contributed by atoms with Gasteiger partial charge in [-0.1, -0.05) is 48.5 Å². The summed E-state index contributed by atoms with van der Waals surface area (Å²) in [5.74, 6) is 3.97. The van der Waals surface area contributed by atoms with Gasteiger partial charge < -0.3 is 10.2 Å². The van der Waals surface area contributed by atoms with Gasteiger partial charge in [0.1, 0.15) is 0 Å². The molecule has 2 N–H and O–H groups in total. The first-order valence-electron chi connectivity index (χ1n) is 13.7. The summed E-state index contributed by atoms with van der Waals surface area (Å²) in [6, 6.07) is 0. The van der Waals surface area contributed by atoms with Crippen molar-refractivity contribution >= 4 is 0 Å². The van der Waals surface area contributed by atoms with Crippen LogP contribution in [0.2, 0.25) is 0 Å². The average Bonchev–Trinajstić information content (AvgIpc) is 3.04. The van der Waals surface area contributed by atoms with Crippen molar-refractivity contribution in [2.24, 2.45) is 51.8 Å². The van der Waals surface area contributed by atoms with E-state index in [-0.39, 0.29) is 6.10 Å². The third kappa shape index (κ3) is 4.05. The Bertz CT molecular complexity index is 652. The van der Waals surface area contributed by atoms with Crippen molar-refractivity contribution in [2.45, 2.75) is 131 Å². The molecule has 4 fully saturated rings. The van der Waals surface area contributed by atoms with Crippen molar-refractivity contribution in [1.82, 2.24) is 0 Å². The van der Waals surface area contributed by atoms with Gasteiger partial charge in [-0.3, -0.25) is 0 Å². The summed E-state index contributed by atoms with van der Waals surface area (Å²) in [7, 11) is 0. The molecule has 0 spiro atoms. The molecule has 0 heterocycles. The first-order valence-corrected chi connectivity index (χ1v) is 13.7. The number of hydrogen-bond acceptors (Lipinski definition) is 2. The SMILES string of the molecule is CC[C@]1(O)CC[C@@]2(C)[C@@H](C[C@H](O)[C@@H]3[C@@H]2CC[C@]2(C)[C@@H]([C@H](C)CCC(C)(C)C)CC[C@@H]32)C1. The van der Waals surface area contributed by atoms with Gasteiger partial charge in [-0.05, 0) is 122 Å². The minimum atomic E-state index is -0.485. The Balaban J connectivity index is 1.53. The van der Waals surface area contributed by atoms with Crippen LogP contribution in [0.15, 0.2) is 0 Å². The van der Waals surface area contributed by atoms with E-state index in [1.807, 2.05) is 0 Å². The van der Waals surface area contributed by atoms with Gasteiger partial charge in [0.25, 0.3) is 0 Å². The maximum atomic E-state index is 11.5. The zero-order valence-corrected chi connectivity index (χ0v) is 21.7. The topological polar surface area (TPSA) is 40.5 Å². The highest BCUT2D eigenvalue weighted by Crippen LogP contribution is 2.69. The molecule has 4 saturated carbocycles. The molecule has 0 bridgehead atoms. The van der Waals surface area contributed by atoms with E-state index in [0.29, 0.717) is 39.9 Å². The second kappa shape index (κ2) is 8.00. The monoisotopic (exact) mass is 432 g/mol. The predicted molar refractivity (Wildman–Crippen MR) is 130 cm³/mol. The first kappa shape index (κ1) is 24.1. The van der Waals surface area contributed by atoms with Gasteiger partial charge in [0.2, 0.25) is 0 Å². The lowest BCUT2D eigenvalue weighted by Gasteiger charge is -2.63. The van der Waals surface area contributed by atoms with Crippen LogP contribution in [0.4, 0.5) is 0 Å². The fraction of sp³-hybridized carbons (Fsp3) is 1.00. The van der Waals surface area contributed by atoms with E-state index in [1.54, 1.807) is 0 Å². The van der Waals surface area contributed by atoms with Gasteiger partial charge in [-0.25, -0.2) is 0 Å². The van der Waals surface area contributed by atoms with Gasteiger partial charge in [0.15, 0.2) is 0 Å². The van der Waals surface area contributed by atoms with Crippen LogP contribution in [0.25, 0.3) is 0 Å². The Labute approximate surface area is 193 Å². The van der Waals surface area contributed by atoms with E-state index in [9.17, 15) is 10.2 Å². The summed E-state index contributed by atoms with van der Waals surface area (Å²) >= 11 is 0. The third-order valence-electron chi connectivity index (χ3n) is 11.6. The highest BCUT2D eigenvalue weighted by atomic mass is 16.3. The maximum Gasteiger partial charge on any atom is 0.0648 e. The lowest BCUT2D eigenvalue weighted by atomic mass is 9.43. The van der Waals surface area contributed by atoms with Crippen molar-refractivity contribution in [2.75, 3.05) is 0 Å². The molecule has 180 valence electrons. The average molecular weight is 433 g/mol. The number of fused-ring (bicyclic) bond motifs is 5. The van der Waals surface area contributed by atoms with Crippen LogP contribution in [0.3, 0.4) is 0 Å². The molecule has 0 aromatic heterocycles. The van der Waals surface area contributed by atoms with Crippen LogP contribution in [0.5, 0.6) is 0 Å². The van der Waals surface area contributed by atoms with E-state index in [4.69, 9.17) is 0 Å². The first-order chi connectivity index (χ1) is 14.3. The lowest BCUT2D eigenvalue weighted by molar-refractivity contribution is -0.189. The molecule has 0 radical (unpaired) electrons. The second-order valence-electron chi connectivity index (χ2n) is 14.4. The molecule has 4 rings (SSSR count). The van der Waals surface area contributed by atoms with Crippen molar-refractivity contribution in [1.29, 1.82) is 0 Å². The summed E-state index contributed by atoms with van der Waals surface area (Å²) in [4.78, 5) is 0. The van der Waals surface area contributed by atoms with E-state index in [0.717, 1.165) is 43.9 Å². The zero-order chi connectivity index (χ0) is 22.8. The van der Waals surface area contributed by atoms with Gasteiger partial charge in [-0.2, -0.15) is 0 Å². The standard InChI is InChI=1S/C29H52O2/c1-8-29(31)16-15-27(6)20(18-29)17-24(30)25-22-10-9-21(19(2)11-13-26(3,4)5)28(22,7)14-12-23(25)27/h19-25,30-31H,8-18H2,1-7H3/t19-,20+,21-,22+,23+,24+,25+,27+,28-,29+/m1/s1. The van der Waals surface area contributed by atoms with E-state index < -0.39 is 5.60 Å². The zero-order valence-electron chi connectivity index (χ0n) is 21.7. The highest BCUT2D eigenvalue weighted by Gasteiger charge is 2.63. The normalized spacial score (nSPS) is 51.0. The van der Waals surface area contributed by atoms with E-state index in [2.05, 4.69) is 48.5 Å². The molecular formula is C29H52O2. The fourth-order valence-corrected chi connectivity index (χ4v) is 9.45. The maximum absolute atomic E-state index is 11.5. The minimum Gasteiger partial charge on any atom is -0.393 e. The number of aliphatic hydroxyl groups is 2. The summed E-state index contributed by atoms with van der Waals surface area (Å²) in [6.45, 7) is 16.9. The molecular weight excluding hydrogens is 380 g/mol. The molecule has 0 unspecified atom stereocenters. The molecule has 2 heteroatoms. The Morgan fingerprint density at radius 3 is 2.29 bits per heavy atom. The summed E-state index contributed by atoms with van der Waals surface area (Å²) in [5.41, 5.74) is 0.681. The number of aliphatic hydroxyl groups excluding tert-OH is 1. The molecule has 0 amide bonds. The third-order valence-corrected chi connectivity index (χ3v) is 11.6. The molecule has 2 nitrogen and oxygen atoms in total. The Kier molecular flexibility index (Phi) is 6.21. The quantitative estimate of drug-likeness (QED) is 0.492. The Morgan fingerprint density at radius 2 is 1.65 bits per heavy atom. The molecule has 0 aliphatic heterocycles. The van der Waals surface area contributed by atoms with E-state index in [1.165, 1.54) is 38.5 Å². The largest absolute Gasteiger partial charge is 0.393 e. The molecule has 0 aromatic carbocycles. The van der Waals surface area contributed by atoms with E-state index >= 15 is 0 Å². The van der Waals surface area contributed by atoms with Crippen LogP contribution < -0.4 is 0 Å². The molecule has 0 aromatic rings. The molecule has 4 aliphatic carbocycles. The summed E-state index contributed by atoms with van der Waals surface area (Å²) in [5, 5.41) is 22.5. The van der Waals surface area contributed by atoms with Gasteiger partial charge in [0.05, 0.1) is 11.7 Å². The molecule has 4 aliphatic rings. The van der Waals surface area contributed by atoms with Crippen LogP contribution in [-0.2, 0) is 0 Å². The van der Waals surface area contributed by atoms with Gasteiger partial charge in [0, 0.05) is 0 Å². The smallest absolute Gasteiger partial charge is 0.0648 e.